The lowest BCUT2D eigenvalue weighted by Gasteiger charge is -2.06. The number of rotatable bonds is 9. The molecule has 0 aliphatic rings. The molecule has 0 radical (unpaired) electrons. The summed E-state index contributed by atoms with van der Waals surface area (Å²) < 4.78 is 44.4. The molecular weight excluding hydrogens is 465 g/mol. The van der Waals surface area contributed by atoms with Gasteiger partial charge in [0.15, 0.2) is 0 Å². The standard InChI is InChI=1S/C25H23F3N2O3S/c1-15-22(34-24(30-15)16-6-8-18(9-7-16)25(26,27)28)14-33-19-10-11-21-20(12-19)17(13-29-21)4-2-3-5-23(31)32/h6-13,29H,2-5,14H2,1H3,(H,31,32). The van der Waals surface area contributed by atoms with Gasteiger partial charge in [0.25, 0.3) is 0 Å². The zero-order valence-electron chi connectivity index (χ0n) is 18.4. The van der Waals surface area contributed by atoms with E-state index in [9.17, 15) is 18.0 Å². The molecule has 0 saturated heterocycles. The van der Waals surface area contributed by atoms with Crippen LogP contribution < -0.4 is 4.74 Å². The summed E-state index contributed by atoms with van der Waals surface area (Å²) in [5, 5.41) is 10.5. The molecule has 4 aromatic rings. The van der Waals surface area contributed by atoms with E-state index in [1.165, 1.54) is 23.5 Å². The van der Waals surface area contributed by atoms with Gasteiger partial charge >= 0.3 is 12.1 Å². The molecule has 2 heterocycles. The highest BCUT2D eigenvalue weighted by Crippen LogP contribution is 2.33. The summed E-state index contributed by atoms with van der Waals surface area (Å²) in [6.07, 6.45) is -0.0596. The number of halogens is 3. The first kappa shape index (κ1) is 23.8. The van der Waals surface area contributed by atoms with Gasteiger partial charge in [-0.3, -0.25) is 4.79 Å². The fourth-order valence-electron chi connectivity index (χ4n) is 3.68. The maximum atomic E-state index is 12.8. The molecule has 0 spiro atoms. The number of fused-ring (bicyclic) bond motifs is 1. The van der Waals surface area contributed by atoms with Gasteiger partial charge in [-0.05, 0) is 62.1 Å². The van der Waals surface area contributed by atoms with Crippen molar-refractivity contribution in [1.29, 1.82) is 0 Å². The number of H-pyrrole nitrogens is 1. The predicted octanol–water partition coefficient (Wildman–Crippen LogP) is 7.00. The first-order valence-corrected chi connectivity index (χ1v) is 11.6. The van der Waals surface area contributed by atoms with Gasteiger partial charge in [0.2, 0.25) is 0 Å². The summed E-state index contributed by atoms with van der Waals surface area (Å²) >= 11 is 1.40. The smallest absolute Gasteiger partial charge is 0.416 e. The summed E-state index contributed by atoms with van der Waals surface area (Å²) in [4.78, 5) is 19.3. The van der Waals surface area contributed by atoms with Crippen LogP contribution in [0.25, 0.3) is 21.5 Å². The van der Waals surface area contributed by atoms with Crippen LogP contribution >= 0.6 is 11.3 Å². The van der Waals surface area contributed by atoms with Crippen LogP contribution in [0, 0.1) is 6.92 Å². The molecule has 178 valence electrons. The number of unbranched alkanes of at least 4 members (excludes halogenated alkanes) is 1. The molecule has 0 bridgehead atoms. The van der Waals surface area contributed by atoms with Gasteiger partial charge in [-0.15, -0.1) is 11.3 Å². The topological polar surface area (TPSA) is 75.2 Å². The molecule has 4 rings (SSSR count). The maximum absolute atomic E-state index is 12.8. The minimum Gasteiger partial charge on any atom is -0.488 e. The molecule has 34 heavy (non-hydrogen) atoms. The minimum absolute atomic E-state index is 0.166. The lowest BCUT2D eigenvalue weighted by atomic mass is 10.1. The Morgan fingerprint density at radius 3 is 2.62 bits per heavy atom. The van der Waals surface area contributed by atoms with Crippen LogP contribution in [-0.2, 0) is 24.0 Å². The molecular formula is C25H23F3N2O3S. The molecule has 0 amide bonds. The van der Waals surface area contributed by atoms with E-state index in [0.29, 0.717) is 29.3 Å². The molecule has 0 aliphatic carbocycles. The van der Waals surface area contributed by atoms with Gasteiger partial charge < -0.3 is 14.8 Å². The van der Waals surface area contributed by atoms with Crippen LogP contribution in [0.1, 0.15) is 41.0 Å². The molecule has 0 fully saturated rings. The Labute approximate surface area is 198 Å². The molecule has 5 nitrogen and oxygen atoms in total. The van der Waals surface area contributed by atoms with E-state index < -0.39 is 17.7 Å². The lowest BCUT2D eigenvalue weighted by molar-refractivity contribution is -0.138. The second-order valence-corrected chi connectivity index (χ2v) is 9.10. The van der Waals surface area contributed by atoms with E-state index in [-0.39, 0.29) is 6.42 Å². The van der Waals surface area contributed by atoms with E-state index in [1.807, 2.05) is 31.3 Å². The molecule has 2 aromatic heterocycles. The molecule has 0 unspecified atom stereocenters. The number of hydrogen-bond acceptors (Lipinski definition) is 4. The number of nitrogens with one attached hydrogen (secondary N) is 1. The van der Waals surface area contributed by atoms with E-state index in [1.54, 1.807) is 0 Å². The van der Waals surface area contributed by atoms with Crippen molar-refractivity contribution in [3.05, 3.63) is 70.4 Å². The number of ether oxygens (including phenoxy) is 1. The molecule has 2 N–H and O–H groups in total. The number of carbonyl (C=O) groups is 1. The Morgan fingerprint density at radius 2 is 1.91 bits per heavy atom. The third-order valence-electron chi connectivity index (χ3n) is 5.55. The fraction of sp³-hybridized carbons (Fsp3) is 0.280. The van der Waals surface area contributed by atoms with Crippen molar-refractivity contribution in [2.24, 2.45) is 0 Å². The maximum Gasteiger partial charge on any atom is 0.416 e. The molecule has 0 aliphatic heterocycles. The number of thiazole rings is 1. The minimum atomic E-state index is -4.37. The number of carboxylic acids is 1. The van der Waals surface area contributed by atoms with Gasteiger partial charge in [-0.25, -0.2) is 4.98 Å². The highest BCUT2D eigenvalue weighted by atomic mass is 32.1. The van der Waals surface area contributed by atoms with Crippen LogP contribution in [0.5, 0.6) is 5.75 Å². The van der Waals surface area contributed by atoms with Crippen molar-refractivity contribution >= 4 is 28.2 Å². The average Bonchev–Trinajstić information content (AvgIpc) is 3.37. The van der Waals surface area contributed by atoms with E-state index in [0.717, 1.165) is 52.0 Å². The van der Waals surface area contributed by atoms with Crippen LogP contribution in [0.15, 0.2) is 48.7 Å². The Hall–Kier alpha value is -3.33. The van der Waals surface area contributed by atoms with Crippen LogP contribution in [-0.4, -0.2) is 21.0 Å². The average molecular weight is 489 g/mol. The van der Waals surface area contributed by atoms with Crippen molar-refractivity contribution in [2.75, 3.05) is 0 Å². The predicted molar refractivity (Wildman–Crippen MR) is 125 cm³/mol. The number of aliphatic carboxylic acids is 1. The third-order valence-corrected chi connectivity index (χ3v) is 6.73. The van der Waals surface area contributed by atoms with Crippen molar-refractivity contribution in [2.45, 2.75) is 45.4 Å². The molecule has 2 aromatic carbocycles. The van der Waals surface area contributed by atoms with Crippen molar-refractivity contribution < 1.29 is 27.8 Å². The van der Waals surface area contributed by atoms with Crippen LogP contribution in [0.3, 0.4) is 0 Å². The Kier molecular flexibility index (Phi) is 6.92. The van der Waals surface area contributed by atoms with Crippen molar-refractivity contribution in [1.82, 2.24) is 9.97 Å². The normalized spacial score (nSPS) is 11.8. The molecule has 0 saturated carbocycles. The number of alkyl halides is 3. The summed E-state index contributed by atoms with van der Waals surface area (Å²) in [7, 11) is 0. The van der Waals surface area contributed by atoms with E-state index in [2.05, 4.69) is 9.97 Å². The van der Waals surface area contributed by atoms with Gasteiger partial charge in [-0.1, -0.05) is 12.1 Å². The zero-order valence-corrected chi connectivity index (χ0v) is 19.2. The van der Waals surface area contributed by atoms with E-state index in [4.69, 9.17) is 9.84 Å². The summed E-state index contributed by atoms with van der Waals surface area (Å²) in [6, 6.07) is 10.8. The number of carboxylic acid groups (broad SMARTS) is 1. The van der Waals surface area contributed by atoms with Gasteiger partial charge in [0, 0.05) is 29.1 Å². The largest absolute Gasteiger partial charge is 0.488 e. The second-order valence-electron chi connectivity index (χ2n) is 8.01. The third kappa shape index (κ3) is 5.59. The highest BCUT2D eigenvalue weighted by molar-refractivity contribution is 7.15. The highest BCUT2D eigenvalue weighted by Gasteiger charge is 2.30. The Bertz CT molecular complexity index is 1290. The van der Waals surface area contributed by atoms with Crippen molar-refractivity contribution in [3.63, 3.8) is 0 Å². The number of hydrogen-bond donors (Lipinski definition) is 2. The van der Waals surface area contributed by atoms with Gasteiger partial charge in [0.05, 0.1) is 16.1 Å². The second kappa shape index (κ2) is 9.89. The summed E-state index contributed by atoms with van der Waals surface area (Å²) in [5.74, 6) is -0.0859. The Morgan fingerprint density at radius 1 is 1.15 bits per heavy atom. The fourth-order valence-corrected chi connectivity index (χ4v) is 4.66. The molecule has 0 atom stereocenters. The number of nitrogens with zero attached hydrogens (tertiary/aromatic N) is 1. The zero-order chi connectivity index (χ0) is 24.3. The quantitative estimate of drug-likeness (QED) is 0.249. The van der Waals surface area contributed by atoms with E-state index >= 15 is 0 Å². The first-order valence-electron chi connectivity index (χ1n) is 10.8. The SMILES string of the molecule is Cc1nc(-c2ccc(C(F)(F)F)cc2)sc1COc1ccc2[nH]cc(CCCCC(=O)O)c2c1. The van der Waals surface area contributed by atoms with Crippen LogP contribution in [0.4, 0.5) is 13.2 Å². The Balaban J connectivity index is 1.43. The number of benzene rings is 2. The summed E-state index contributed by atoms with van der Waals surface area (Å²) in [5.41, 5.74) is 2.83. The van der Waals surface area contributed by atoms with Gasteiger partial charge in [0.1, 0.15) is 17.4 Å². The van der Waals surface area contributed by atoms with Gasteiger partial charge in [-0.2, -0.15) is 13.2 Å². The number of aromatic amines is 1. The number of aromatic nitrogens is 2. The lowest BCUT2D eigenvalue weighted by Crippen LogP contribution is -2.03. The number of aryl methyl sites for hydroxylation is 2. The summed E-state index contributed by atoms with van der Waals surface area (Å²) in [6.45, 7) is 2.15. The molecule has 9 heteroatoms. The van der Waals surface area contributed by atoms with Crippen molar-refractivity contribution in [3.8, 4) is 16.3 Å². The first-order chi connectivity index (χ1) is 16.2. The monoisotopic (exact) mass is 488 g/mol. The van der Waals surface area contributed by atoms with Crippen LogP contribution in [0.2, 0.25) is 0 Å².